The maximum atomic E-state index is 13.6. The third kappa shape index (κ3) is 6.13. The molecular formula is C23H23FN4O4S. The van der Waals surface area contributed by atoms with E-state index in [9.17, 15) is 14.0 Å². The van der Waals surface area contributed by atoms with Crippen molar-refractivity contribution in [3.63, 3.8) is 0 Å². The average molecular weight is 471 g/mol. The number of allylic oxidation sites excluding steroid dienone is 1. The topological polar surface area (TPSA) is 101 Å². The molecule has 172 valence electrons. The van der Waals surface area contributed by atoms with E-state index < -0.39 is 23.7 Å². The van der Waals surface area contributed by atoms with Crippen LogP contribution >= 0.6 is 12.2 Å². The van der Waals surface area contributed by atoms with E-state index in [-0.39, 0.29) is 18.8 Å². The van der Waals surface area contributed by atoms with Crippen LogP contribution in [0.3, 0.4) is 0 Å². The van der Waals surface area contributed by atoms with Crippen LogP contribution in [0.15, 0.2) is 64.9 Å². The molecular weight excluding hydrogens is 447 g/mol. The Balaban J connectivity index is 1.73. The first-order valence-electron chi connectivity index (χ1n) is 10.1. The van der Waals surface area contributed by atoms with Crippen LogP contribution in [0.4, 0.5) is 4.39 Å². The Morgan fingerprint density at radius 3 is 2.70 bits per heavy atom. The van der Waals surface area contributed by atoms with Crippen LogP contribution < -0.4 is 20.8 Å². The Hall–Kier alpha value is -3.79. The van der Waals surface area contributed by atoms with Crippen LogP contribution in [0.25, 0.3) is 0 Å². The minimum atomic E-state index is -0.629. The summed E-state index contributed by atoms with van der Waals surface area (Å²) in [5, 5.41) is 10.1. The lowest BCUT2D eigenvalue weighted by Gasteiger charge is -2.30. The van der Waals surface area contributed by atoms with Gasteiger partial charge in [0.1, 0.15) is 11.6 Å². The normalized spacial score (nSPS) is 15.6. The van der Waals surface area contributed by atoms with Gasteiger partial charge in [-0.15, -0.1) is 0 Å². The predicted molar refractivity (Wildman–Crippen MR) is 125 cm³/mol. The summed E-state index contributed by atoms with van der Waals surface area (Å²) in [4.78, 5) is 24.8. The summed E-state index contributed by atoms with van der Waals surface area (Å²) < 4.78 is 24.5. The Kier molecular flexibility index (Phi) is 8.09. The molecule has 0 bridgehead atoms. The standard InChI is InChI=1S/C23H23FN4O4S/c1-3-31-22(30)20-14(2)26-23(33)27-21(20)16-9-5-7-11-18(16)32-13-19(29)28-25-12-15-8-4-6-10-17(15)24/h4-12,21H,3,13H2,1-2H3,(H,28,29)(H2,26,27,33)/t21-/m1/s1. The highest BCUT2D eigenvalue weighted by atomic mass is 32.1. The molecule has 1 heterocycles. The van der Waals surface area contributed by atoms with Crippen molar-refractivity contribution in [3.05, 3.63) is 76.7 Å². The fraction of sp³-hybridized carbons (Fsp3) is 0.217. The van der Waals surface area contributed by atoms with Crippen molar-refractivity contribution in [3.8, 4) is 5.75 Å². The first kappa shape index (κ1) is 23.9. The summed E-state index contributed by atoms with van der Waals surface area (Å²) in [6.07, 6.45) is 1.21. The molecule has 0 aliphatic carbocycles. The van der Waals surface area contributed by atoms with Gasteiger partial charge in [-0.25, -0.2) is 14.6 Å². The molecule has 3 N–H and O–H groups in total. The molecule has 1 amide bonds. The predicted octanol–water partition coefficient (Wildman–Crippen LogP) is 2.71. The molecule has 10 heteroatoms. The molecule has 0 saturated heterocycles. The summed E-state index contributed by atoms with van der Waals surface area (Å²) in [5.41, 5.74) is 4.07. The fourth-order valence-electron chi connectivity index (χ4n) is 3.19. The van der Waals surface area contributed by atoms with E-state index >= 15 is 0 Å². The van der Waals surface area contributed by atoms with Crippen molar-refractivity contribution in [2.24, 2.45) is 5.10 Å². The van der Waals surface area contributed by atoms with Gasteiger partial charge in [0, 0.05) is 16.8 Å². The third-order valence-corrected chi connectivity index (χ3v) is 4.87. The smallest absolute Gasteiger partial charge is 0.338 e. The van der Waals surface area contributed by atoms with Crippen LogP contribution in [0.2, 0.25) is 0 Å². The van der Waals surface area contributed by atoms with Crippen molar-refractivity contribution in [1.29, 1.82) is 0 Å². The Labute approximate surface area is 195 Å². The number of rotatable bonds is 8. The summed E-state index contributed by atoms with van der Waals surface area (Å²) in [5.74, 6) is -1.10. The van der Waals surface area contributed by atoms with E-state index in [2.05, 4.69) is 21.2 Å². The number of hydrazone groups is 1. The molecule has 0 spiro atoms. The third-order valence-electron chi connectivity index (χ3n) is 4.65. The second-order valence-electron chi connectivity index (χ2n) is 6.93. The number of carbonyl (C=O) groups excluding carboxylic acids is 2. The largest absolute Gasteiger partial charge is 0.483 e. The van der Waals surface area contributed by atoms with Crippen LogP contribution in [-0.4, -0.2) is 36.4 Å². The average Bonchev–Trinajstić information content (AvgIpc) is 2.78. The van der Waals surface area contributed by atoms with E-state index in [0.717, 1.165) is 0 Å². The Bertz CT molecular complexity index is 1120. The van der Waals surface area contributed by atoms with Crippen LogP contribution in [0.5, 0.6) is 5.75 Å². The van der Waals surface area contributed by atoms with Crippen molar-refractivity contribution in [1.82, 2.24) is 16.1 Å². The van der Waals surface area contributed by atoms with E-state index in [1.807, 2.05) is 0 Å². The number of hydrogen-bond acceptors (Lipinski definition) is 6. The van der Waals surface area contributed by atoms with Gasteiger partial charge in [-0.3, -0.25) is 4.79 Å². The maximum Gasteiger partial charge on any atom is 0.338 e. The zero-order valence-electron chi connectivity index (χ0n) is 18.1. The molecule has 1 aliphatic heterocycles. The monoisotopic (exact) mass is 470 g/mol. The lowest BCUT2D eigenvalue weighted by atomic mass is 9.95. The second kappa shape index (κ2) is 11.2. The number of nitrogens with zero attached hydrogens (tertiary/aromatic N) is 1. The van der Waals surface area contributed by atoms with Crippen molar-refractivity contribution in [2.75, 3.05) is 13.2 Å². The zero-order chi connectivity index (χ0) is 23.8. The SMILES string of the molecule is CCOC(=O)C1=C(C)NC(=S)N[C@@H]1c1ccccc1OCC(=O)NN=Cc1ccccc1F. The number of ether oxygens (including phenoxy) is 2. The van der Waals surface area contributed by atoms with Crippen molar-refractivity contribution < 1.29 is 23.5 Å². The number of amides is 1. The summed E-state index contributed by atoms with van der Waals surface area (Å²) >= 11 is 5.25. The second-order valence-corrected chi connectivity index (χ2v) is 7.34. The number of halogens is 1. The highest BCUT2D eigenvalue weighted by Gasteiger charge is 2.32. The van der Waals surface area contributed by atoms with Gasteiger partial charge < -0.3 is 20.1 Å². The van der Waals surface area contributed by atoms with Crippen molar-refractivity contribution >= 4 is 35.4 Å². The first-order valence-corrected chi connectivity index (χ1v) is 10.5. The number of para-hydroxylation sites is 1. The van der Waals surface area contributed by atoms with E-state index in [0.29, 0.717) is 27.7 Å². The molecule has 8 nitrogen and oxygen atoms in total. The molecule has 0 radical (unpaired) electrons. The van der Waals surface area contributed by atoms with Gasteiger partial charge >= 0.3 is 5.97 Å². The van der Waals surface area contributed by atoms with Gasteiger partial charge in [0.25, 0.3) is 5.91 Å². The minimum Gasteiger partial charge on any atom is -0.483 e. The van der Waals surface area contributed by atoms with Gasteiger partial charge in [-0.2, -0.15) is 5.10 Å². The van der Waals surface area contributed by atoms with Crippen LogP contribution in [0.1, 0.15) is 31.0 Å². The van der Waals surface area contributed by atoms with Gasteiger partial charge in [0.15, 0.2) is 11.7 Å². The Morgan fingerprint density at radius 1 is 1.21 bits per heavy atom. The molecule has 33 heavy (non-hydrogen) atoms. The molecule has 1 atom stereocenters. The molecule has 0 saturated carbocycles. The zero-order valence-corrected chi connectivity index (χ0v) is 18.9. The first-order chi connectivity index (χ1) is 15.9. The molecule has 1 aliphatic rings. The highest BCUT2D eigenvalue weighted by Crippen LogP contribution is 2.33. The number of nitrogens with one attached hydrogen (secondary N) is 3. The lowest BCUT2D eigenvalue weighted by Crippen LogP contribution is -2.45. The van der Waals surface area contributed by atoms with E-state index in [4.69, 9.17) is 21.7 Å². The number of thiocarbonyl (C=S) groups is 1. The van der Waals surface area contributed by atoms with E-state index in [1.165, 1.54) is 18.3 Å². The highest BCUT2D eigenvalue weighted by molar-refractivity contribution is 7.80. The molecule has 0 aromatic heterocycles. The summed E-state index contributed by atoms with van der Waals surface area (Å²) in [6, 6.07) is 12.4. The number of hydrogen-bond donors (Lipinski definition) is 3. The maximum absolute atomic E-state index is 13.6. The van der Waals surface area contributed by atoms with Gasteiger partial charge in [-0.05, 0) is 38.2 Å². The molecule has 3 rings (SSSR count). The van der Waals surface area contributed by atoms with Crippen molar-refractivity contribution in [2.45, 2.75) is 19.9 Å². The number of esters is 1. The van der Waals surface area contributed by atoms with Gasteiger partial charge in [0.2, 0.25) is 0 Å². The fourth-order valence-corrected chi connectivity index (χ4v) is 3.46. The Morgan fingerprint density at radius 2 is 1.94 bits per heavy atom. The molecule has 2 aromatic carbocycles. The van der Waals surface area contributed by atoms with Gasteiger partial charge in [-0.1, -0.05) is 36.4 Å². The van der Waals surface area contributed by atoms with Crippen LogP contribution in [-0.2, 0) is 14.3 Å². The van der Waals surface area contributed by atoms with E-state index in [1.54, 1.807) is 50.2 Å². The molecule has 2 aromatic rings. The summed E-state index contributed by atoms with van der Waals surface area (Å²) in [6.45, 7) is 3.33. The molecule has 0 unspecified atom stereocenters. The quantitative estimate of drug-likeness (QED) is 0.236. The van der Waals surface area contributed by atoms with Crippen LogP contribution in [0, 0.1) is 5.82 Å². The number of benzene rings is 2. The molecule has 0 fully saturated rings. The minimum absolute atomic E-state index is 0.221. The summed E-state index contributed by atoms with van der Waals surface area (Å²) in [7, 11) is 0. The van der Waals surface area contributed by atoms with Gasteiger partial charge in [0.05, 0.1) is 24.4 Å². The number of carbonyl (C=O) groups is 2. The lowest BCUT2D eigenvalue weighted by molar-refractivity contribution is -0.139.